The molecule has 0 aromatic heterocycles. The summed E-state index contributed by atoms with van der Waals surface area (Å²) in [5, 5.41) is 2.93. The van der Waals surface area contributed by atoms with Crippen LogP contribution >= 0.6 is 7.60 Å². The molecule has 3 unspecified atom stereocenters. The van der Waals surface area contributed by atoms with Crippen molar-refractivity contribution in [3.63, 3.8) is 0 Å². The first-order valence-corrected chi connectivity index (χ1v) is 12.8. The van der Waals surface area contributed by atoms with Gasteiger partial charge in [-0.3, -0.25) is 13.9 Å². The van der Waals surface area contributed by atoms with Crippen LogP contribution in [0.5, 0.6) is 0 Å². The zero-order valence-corrected chi connectivity index (χ0v) is 19.4. The number of ether oxygens (including phenoxy) is 2. The lowest BCUT2D eigenvalue weighted by Crippen LogP contribution is -2.37. The van der Waals surface area contributed by atoms with E-state index in [1.165, 1.54) is 0 Å². The molecule has 0 aliphatic carbocycles. The number of esters is 3. The molecule has 4 N–H and O–H groups in total. The van der Waals surface area contributed by atoms with E-state index in [9.17, 15) is 23.8 Å². The van der Waals surface area contributed by atoms with Gasteiger partial charge in [-0.1, -0.05) is 20.3 Å². The van der Waals surface area contributed by atoms with Crippen LogP contribution in [0, 0.1) is 0 Å². The van der Waals surface area contributed by atoms with Crippen molar-refractivity contribution >= 4 is 25.5 Å². The lowest BCUT2D eigenvalue weighted by atomic mass is 10.1. The Kier molecular flexibility index (Phi) is 13.1. The van der Waals surface area contributed by atoms with Crippen molar-refractivity contribution in [1.29, 1.82) is 0 Å². The minimum Gasteiger partial charge on any atom is -0.449 e. The number of hydrogen-bond donors (Lipinski definition) is 3. The van der Waals surface area contributed by atoms with Gasteiger partial charge in [-0.2, -0.15) is 0 Å². The summed E-state index contributed by atoms with van der Waals surface area (Å²) in [7, 11) is -4.54. The molecule has 0 spiro atoms. The Labute approximate surface area is 184 Å². The third-order valence-electron chi connectivity index (χ3n) is 4.90. The molecule has 31 heavy (non-hydrogen) atoms. The molecule has 1 aliphatic heterocycles. The van der Waals surface area contributed by atoms with Crippen molar-refractivity contribution in [2.24, 2.45) is 5.73 Å². The van der Waals surface area contributed by atoms with Gasteiger partial charge < -0.3 is 25.4 Å². The summed E-state index contributed by atoms with van der Waals surface area (Å²) < 4.78 is 28.4. The van der Waals surface area contributed by atoms with Crippen LogP contribution in [0.1, 0.15) is 78.1 Å². The zero-order valence-electron chi connectivity index (χ0n) is 18.5. The van der Waals surface area contributed by atoms with Crippen molar-refractivity contribution in [3.05, 3.63) is 0 Å². The van der Waals surface area contributed by atoms with Crippen LogP contribution in [0.25, 0.3) is 0 Å². The topological polar surface area (TPSA) is 154 Å². The molecule has 0 radical (unpaired) electrons. The maximum Gasteiger partial charge on any atom is 0.369 e. The van der Waals surface area contributed by atoms with Gasteiger partial charge >= 0.3 is 25.5 Å². The van der Waals surface area contributed by atoms with E-state index in [0.717, 1.165) is 6.42 Å². The number of carbonyl (C=O) groups excluding carboxylic acids is 3. The maximum absolute atomic E-state index is 13.0. The summed E-state index contributed by atoms with van der Waals surface area (Å²) in [6.45, 7) is 4.70. The second-order valence-electron chi connectivity index (χ2n) is 7.67. The Hall–Kier alpha value is -1.32. The third kappa shape index (κ3) is 10.2. The fourth-order valence-corrected chi connectivity index (χ4v) is 4.59. The van der Waals surface area contributed by atoms with Crippen LogP contribution in [0.2, 0.25) is 0 Å². The number of rotatable bonds is 15. The minimum absolute atomic E-state index is 0.0510. The van der Waals surface area contributed by atoms with E-state index >= 15 is 0 Å². The number of hydrogen-bond acceptors (Lipinski definition) is 9. The fraction of sp³-hybridized carbons (Fsp3) is 0.850. The Morgan fingerprint density at radius 1 is 1.16 bits per heavy atom. The van der Waals surface area contributed by atoms with Crippen LogP contribution in [-0.4, -0.2) is 53.9 Å². The lowest BCUT2D eigenvalue weighted by Gasteiger charge is -2.26. The molecule has 180 valence electrons. The summed E-state index contributed by atoms with van der Waals surface area (Å²) in [6, 6.07) is -0.582. The van der Waals surface area contributed by atoms with Crippen molar-refractivity contribution in [2.45, 2.75) is 96.0 Å². The highest BCUT2D eigenvalue weighted by atomic mass is 31.2. The molecule has 1 heterocycles. The minimum atomic E-state index is -4.54. The predicted octanol–water partition coefficient (Wildman–Crippen LogP) is 2.37. The fourth-order valence-electron chi connectivity index (χ4n) is 3.14. The molecule has 4 atom stereocenters. The molecule has 0 saturated carbocycles. The third-order valence-corrected chi connectivity index (χ3v) is 6.55. The lowest BCUT2D eigenvalue weighted by molar-refractivity contribution is -0.166. The monoisotopic (exact) mass is 464 g/mol. The van der Waals surface area contributed by atoms with Gasteiger partial charge in [-0.05, 0) is 64.5 Å². The van der Waals surface area contributed by atoms with Crippen molar-refractivity contribution in [2.75, 3.05) is 13.1 Å². The average Bonchev–Trinajstić information content (AvgIpc) is 3.25. The van der Waals surface area contributed by atoms with Gasteiger partial charge in [0.25, 0.3) is 0 Å². The predicted molar refractivity (Wildman–Crippen MR) is 114 cm³/mol. The molecular weight excluding hydrogens is 427 g/mol. The van der Waals surface area contributed by atoms with Crippen molar-refractivity contribution < 1.29 is 37.8 Å². The highest BCUT2D eigenvalue weighted by Gasteiger charge is 2.41. The summed E-state index contributed by atoms with van der Waals surface area (Å²) in [4.78, 5) is 47.2. The van der Waals surface area contributed by atoms with Gasteiger partial charge in [0.15, 0.2) is 6.10 Å². The van der Waals surface area contributed by atoms with E-state index in [2.05, 4.69) is 5.32 Å². The maximum atomic E-state index is 13.0. The molecule has 10 nitrogen and oxygen atoms in total. The molecule has 11 heteroatoms. The zero-order chi connectivity index (χ0) is 23.3. The van der Waals surface area contributed by atoms with Crippen molar-refractivity contribution in [3.8, 4) is 0 Å². The quantitative estimate of drug-likeness (QED) is 0.142. The molecule has 0 amide bonds. The number of nitrogens with two attached hydrogens (primary N) is 1. The van der Waals surface area contributed by atoms with Crippen LogP contribution in [0.3, 0.4) is 0 Å². The van der Waals surface area contributed by atoms with E-state index in [4.69, 9.17) is 19.7 Å². The SMILES string of the molecule is CCCCC(OC(=O)CCC)P(=O)(O)OC(CCCCN)C(=O)OC(=O)[C@@H]1CCCN1. The first-order chi connectivity index (χ1) is 14.7. The highest BCUT2D eigenvalue weighted by Crippen LogP contribution is 2.51. The standard InChI is InChI=1S/C20H37N2O8P/c1-3-5-12-18(28-17(23)9-4-2)31(26,27)30-16(11-6-7-13-21)20(25)29-19(24)15-10-8-14-22-15/h15-16,18,22H,3-14,21H2,1-2H3,(H,26,27)/t15-,16?,18?/m0/s1. The Morgan fingerprint density at radius 2 is 1.90 bits per heavy atom. The number of unbranched alkanes of at least 4 members (excludes halogenated alkanes) is 2. The van der Waals surface area contributed by atoms with E-state index in [1.54, 1.807) is 6.92 Å². The summed E-state index contributed by atoms with van der Waals surface area (Å²) in [6.07, 6.45) is 2.95. The number of carbonyl (C=O) groups is 3. The normalized spacial score (nSPS) is 19.9. The Morgan fingerprint density at radius 3 is 2.48 bits per heavy atom. The van der Waals surface area contributed by atoms with Gasteiger partial charge in [0.1, 0.15) is 6.04 Å². The molecule has 1 fully saturated rings. The van der Waals surface area contributed by atoms with Crippen LogP contribution in [0.4, 0.5) is 0 Å². The van der Waals surface area contributed by atoms with Crippen LogP contribution in [-0.2, 0) is 32.9 Å². The Bertz CT molecular complexity index is 624. The smallest absolute Gasteiger partial charge is 0.369 e. The molecule has 0 aromatic rings. The summed E-state index contributed by atoms with van der Waals surface area (Å²) in [5.41, 5.74) is 5.49. The van der Waals surface area contributed by atoms with Gasteiger partial charge in [0.05, 0.1) is 0 Å². The highest BCUT2D eigenvalue weighted by molar-refractivity contribution is 7.53. The largest absolute Gasteiger partial charge is 0.449 e. The second-order valence-corrected chi connectivity index (χ2v) is 9.58. The molecule has 0 bridgehead atoms. The van der Waals surface area contributed by atoms with Crippen molar-refractivity contribution in [1.82, 2.24) is 5.32 Å². The molecule has 1 saturated heterocycles. The van der Waals surface area contributed by atoms with Gasteiger partial charge in [-0.25, -0.2) is 9.59 Å². The van der Waals surface area contributed by atoms with E-state index < -0.39 is 43.5 Å². The van der Waals surface area contributed by atoms with E-state index in [0.29, 0.717) is 51.6 Å². The van der Waals surface area contributed by atoms with E-state index in [-0.39, 0.29) is 19.3 Å². The first kappa shape index (κ1) is 27.7. The van der Waals surface area contributed by atoms with Crippen LogP contribution < -0.4 is 11.1 Å². The van der Waals surface area contributed by atoms with Gasteiger partial charge in [-0.15, -0.1) is 0 Å². The average molecular weight is 464 g/mol. The van der Waals surface area contributed by atoms with Crippen LogP contribution in [0.15, 0.2) is 0 Å². The Balaban J connectivity index is 2.90. The summed E-state index contributed by atoms with van der Waals surface area (Å²) in [5.74, 6) is -3.76. The number of nitrogens with one attached hydrogen (secondary N) is 1. The van der Waals surface area contributed by atoms with Gasteiger partial charge in [0.2, 0.25) is 5.85 Å². The molecular formula is C20H37N2O8P. The molecule has 1 aliphatic rings. The van der Waals surface area contributed by atoms with E-state index in [1.807, 2.05) is 6.92 Å². The molecule has 0 aromatic carbocycles. The van der Waals surface area contributed by atoms with Gasteiger partial charge in [0, 0.05) is 6.42 Å². The second kappa shape index (κ2) is 14.7. The summed E-state index contributed by atoms with van der Waals surface area (Å²) >= 11 is 0. The molecule has 1 rings (SSSR count). The first-order valence-electron chi connectivity index (χ1n) is 11.1.